The molecule has 2 atom stereocenters. The van der Waals surface area contributed by atoms with Crippen LogP contribution in [0.4, 0.5) is 4.79 Å². The Kier molecular flexibility index (Phi) is 6.55. The number of carbonyl (C=O) groups excluding carboxylic acids is 2. The third kappa shape index (κ3) is 4.93. The van der Waals surface area contributed by atoms with Crippen LogP contribution in [0.3, 0.4) is 0 Å². The minimum absolute atomic E-state index is 0.00358. The number of amides is 2. The van der Waals surface area contributed by atoms with Crippen molar-refractivity contribution in [2.45, 2.75) is 30.9 Å². The molecule has 8 heteroatoms. The summed E-state index contributed by atoms with van der Waals surface area (Å²) in [4.78, 5) is 37.7. The van der Waals surface area contributed by atoms with Gasteiger partial charge in [-0.2, -0.15) is 0 Å². The SMILES string of the molecule is O=C(O)COC1CN(C(=O)[C@@H]2CC=C[C@@H](NC(=O)OCC3c4ccccc4-c4ccccc43)C2)C1. The lowest BCUT2D eigenvalue weighted by Gasteiger charge is -2.41. The summed E-state index contributed by atoms with van der Waals surface area (Å²) in [5, 5.41) is 11.6. The number of ether oxygens (including phenoxy) is 2. The summed E-state index contributed by atoms with van der Waals surface area (Å²) in [5.41, 5.74) is 4.67. The van der Waals surface area contributed by atoms with Gasteiger partial charge in [0.05, 0.1) is 12.1 Å². The number of benzene rings is 2. The minimum atomic E-state index is -1.02. The fourth-order valence-electron chi connectivity index (χ4n) is 5.16. The average Bonchev–Trinajstić information content (AvgIpc) is 3.15. The molecule has 2 aromatic rings. The van der Waals surface area contributed by atoms with Gasteiger partial charge >= 0.3 is 12.1 Å². The van der Waals surface area contributed by atoms with E-state index in [1.807, 2.05) is 36.4 Å². The summed E-state index contributed by atoms with van der Waals surface area (Å²) >= 11 is 0. The van der Waals surface area contributed by atoms with E-state index in [1.54, 1.807) is 4.90 Å². The van der Waals surface area contributed by atoms with E-state index in [-0.39, 0.29) is 43.1 Å². The predicted octanol–water partition coefficient (Wildman–Crippen LogP) is 3.17. The highest BCUT2D eigenvalue weighted by Gasteiger charge is 2.37. The summed E-state index contributed by atoms with van der Waals surface area (Å²) in [6.07, 6.45) is 4.19. The van der Waals surface area contributed by atoms with Crippen molar-refractivity contribution >= 4 is 18.0 Å². The van der Waals surface area contributed by atoms with Crippen LogP contribution in [0, 0.1) is 5.92 Å². The van der Waals surface area contributed by atoms with Crippen LogP contribution in [0.1, 0.15) is 29.9 Å². The first-order chi connectivity index (χ1) is 17.0. The van der Waals surface area contributed by atoms with Crippen LogP contribution in [-0.2, 0) is 19.1 Å². The van der Waals surface area contributed by atoms with E-state index in [0.717, 1.165) is 11.1 Å². The van der Waals surface area contributed by atoms with Gasteiger partial charge in [0.15, 0.2) is 0 Å². The Morgan fingerprint density at radius 1 is 1.00 bits per heavy atom. The first-order valence-electron chi connectivity index (χ1n) is 11.9. The zero-order valence-corrected chi connectivity index (χ0v) is 19.3. The lowest BCUT2D eigenvalue weighted by atomic mass is 9.89. The second-order valence-corrected chi connectivity index (χ2v) is 9.24. The van der Waals surface area contributed by atoms with Crippen molar-refractivity contribution in [1.29, 1.82) is 0 Å². The summed E-state index contributed by atoms with van der Waals surface area (Å²) in [6, 6.07) is 16.1. The standard InChI is InChI=1S/C27H28N2O6/c30-25(31)16-34-19-13-29(14-19)26(32)17-6-5-7-18(12-17)28-27(33)35-15-24-22-10-3-1-8-20(22)21-9-2-4-11-23(21)24/h1-5,7-11,17-19,24H,6,12-16H2,(H,28,33)(H,30,31)/t17-,18-/m1/s1. The van der Waals surface area contributed by atoms with Crippen molar-refractivity contribution < 1.29 is 29.0 Å². The monoisotopic (exact) mass is 476 g/mol. The largest absolute Gasteiger partial charge is 0.480 e. The Morgan fingerprint density at radius 3 is 2.31 bits per heavy atom. The number of carboxylic acids is 1. The molecular formula is C27H28N2O6. The number of nitrogens with zero attached hydrogens (tertiary/aromatic N) is 1. The van der Waals surface area contributed by atoms with Crippen molar-refractivity contribution in [2.24, 2.45) is 5.92 Å². The number of hydrogen-bond acceptors (Lipinski definition) is 5. The van der Waals surface area contributed by atoms with Gasteiger partial charge in [0.1, 0.15) is 13.2 Å². The Morgan fingerprint density at radius 2 is 1.66 bits per heavy atom. The Labute approximate surface area is 203 Å². The molecule has 3 aliphatic rings. The normalized spacial score (nSPS) is 21.1. The van der Waals surface area contributed by atoms with E-state index in [9.17, 15) is 14.4 Å². The topological polar surface area (TPSA) is 105 Å². The van der Waals surface area contributed by atoms with Crippen LogP contribution in [0.5, 0.6) is 0 Å². The highest BCUT2D eigenvalue weighted by molar-refractivity contribution is 5.81. The number of likely N-dealkylation sites (tertiary alicyclic amines) is 1. The molecule has 182 valence electrons. The van der Waals surface area contributed by atoms with Crippen molar-refractivity contribution in [1.82, 2.24) is 10.2 Å². The van der Waals surface area contributed by atoms with Crippen LogP contribution in [0.25, 0.3) is 11.1 Å². The van der Waals surface area contributed by atoms with E-state index in [1.165, 1.54) is 11.1 Å². The van der Waals surface area contributed by atoms with Crippen LogP contribution < -0.4 is 5.32 Å². The third-order valence-electron chi connectivity index (χ3n) is 6.93. The van der Waals surface area contributed by atoms with Gasteiger partial charge in [-0.05, 0) is 35.1 Å². The smallest absolute Gasteiger partial charge is 0.407 e. The number of nitrogens with one attached hydrogen (secondary N) is 1. The first-order valence-corrected chi connectivity index (χ1v) is 11.9. The van der Waals surface area contributed by atoms with Gasteiger partial charge < -0.3 is 24.8 Å². The molecule has 0 bridgehead atoms. The molecule has 8 nitrogen and oxygen atoms in total. The van der Waals surface area contributed by atoms with Crippen LogP contribution in [0.2, 0.25) is 0 Å². The molecule has 1 aliphatic heterocycles. The van der Waals surface area contributed by atoms with E-state index in [0.29, 0.717) is 25.9 Å². The Hall–Kier alpha value is -3.65. The quantitative estimate of drug-likeness (QED) is 0.595. The van der Waals surface area contributed by atoms with Crippen molar-refractivity contribution in [3.63, 3.8) is 0 Å². The Bertz CT molecular complexity index is 1110. The van der Waals surface area contributed by atoms with Gasteiger partial charge in [-0.25, -0.2) is 9.59 Å². The van der Waals surface area contributed by atoms with Crippen LogP contribution in [0.15, 0.2) is 60.7 Å². The van der Waals surface area contributed by atoms with Gasteiger partial charge in [-0.3, -0.25) is 4.79 Å². The molecule has 0 spiro atoms. The average molecular weight is 477 g/mol. The van der Waals surface area contributed by atoms with E-state index in [4.69, 9.17) is 14.6 Å². The fourth-order valence-corrected chi connectivity index (χ4v) is 5.16. The molecule has 0 saturated carbocycles. The molecule has 2 amide bonds. The molecule has 0 unspecified atom stereocenters. The fraction of sp³-hybridized carbons (Fsp3) is 0.370. The van der Waals surface area contributed by atoms with Crippen LogP contribution in [-0.4, -0.2) is 66.4 Å². The Balaban J connectivity index is 1.12. The molecular weight excluding hydrogens is 448 g/mol. The van der Waals surface area contributed by atoms with E-state index >= 15 is 0 Å². The third-order valence-corrected chi connectivity index (χ3v) is 6.93. The number of allylic oxidation sites excluding steroid dienone is 1. The number of alkyl carbamates (subject to hydrolysis) is 1. The van der Waals surface area contributed by atoms with Crippen molar-refractivity contribution in [3.8, 4) is 11.1 Å². The molecule has 0 aromatic heterocycles. The molecule has 35 heavy (non-hydrogen) atoms. The molecule has 2 aromatic carbocycles. The van der Waals surface area contributed by atoms with E-state index < -0.39 is 12.1 Å². The zero-order chi connectivity index (χ0) is 24.4. The summed E-state index contributed by atoms with van der Waals surface area (Å²) in [6.45, 7) is 0.683. The molecule has 2 aliphatic carbocycles. The van der Waals surface area contributed by atoms with Crippen LogP contribution >= 0.6 is 0 Å². The van der Waals surface area contributed by atoms with Gasteiger partial charge in [0, 0.05) is 24.9 Å². The second kappa shape index (κ2) is 9.92. The molecule has 1 saturated heterocycles. The maximum Gasteiger partial charge on any atom is 0.407 e. The molecule has 1 fully saturated rings. The summed E-state index contributed by atoms with van der Waals surface area (Å²) < 4.78 is 10.8. The first kappa shape index (κ1) is 23.1. The number of fused-ring (bicyclic) bond motifs is 3. The van der Waals surface area contributed by atoms with E-state index in [2.05, 4.69) is 29.6 Å². The maximum absolute atomic E-state index is 12.8. The highest BCUT2D eigenvalue weighted by atomic mass is 16.5. The number of hydrogen-bond donors (Lipinski definition) is 2. The lowest BCUT2D eigenvalue weighted by molar-refractivity contribution is -0.156. The molecule has 2 N–H and O–H groups in total. The van der Waals surface area contributed by atoms with Gasteiger partial charge in [-0.15, -0.1) is 0 Å². The second-order valence-electron chi connectivity index (χ2n) is 9.24. The van der Waals surface area contributed by atoms with Gasteiger partial charge in [-0.1, -0.05) is 60.7 Å². The number of rotatable bonds is 7. The highest BCUT2D eigenvalue weighted by Crippen LogP contribution is 2.44. The minimum Gasteiger partial charge on any atom is -0.480 e. The predicted molar refractivity (Wildman–Crippen MR) is 128 cm³/mol. The molecule has 0 radical (unpaired) electrons. The molecule has 5 rings (SSSR count). The number of carbonyl (C=O) groups is 3. The maximum atomic E-state index is 12.8. The number of aliphatic carboxylic acids is 1. The van der Waals surface area contributed by atoms with Crippen molar-refractivity contribution in [3.05, 3.63) is 71.8 Å². The zero-order valence-electron chi connectivity index (χ0n) is 19.3. The molecule has 1 heterocycles. The summed E-state index contributed by atoms with van der Waals surface area (Å²) in [5.74, 6) is -1.26. The summed E-state index contributed by atoms with van der Waals surface area (Å²) in [7, 11) is 0. The lowest BCUT2D eigenvalue weighted by Crippen LogP contribution is -2.57. The van der Waals surface area contributed by atoms with Gasteiger partial charge in [0.25, 0.3) is 0 Å². The van der Waals surface area contributed by atoms with Crippen molar-refractivity contribution in [2.75, 3.05) is 26.3 Å². The number of carboxylic acid groups (broad SMARTS) is 1. The van der Waals surface area contributed by atoms with Gasteiger partial charge in [0.2, 0.25) is 5.91 Å².